The minimum Gasteiger partial charge on any atom is -0.361 e. The lowest BCUT2D eigenvalue weighted by molar-refractivity contribution is -0.134. The van der Waals surface area contributed by atoms with Crippen LogP contribution in [0.1, 0.15) is 159 Å². The first kappa shape index (κ1) is 36.1. The van der Waals surface area contributed by atoms with E-state index in [1.807, 2.05) is 0 Å². The van der Waals surface area contributed by atoms with Crippen LogP contribution in [0.4, 0.5) is 5.69 Å². The molecular formula is C41H58N2O2. The van der Waals surface area contributed by atoms with Crippen molar-refractivity contribution in [2.75, 3.05) is 5.32 Å². The number of benzene rings is 3. The van der Waals surface area contributed by atoms with Gasteiger partial charge in [-0.15, -0.1) is 0 Å². The molecule has 2 atom stereocenters. The maximum atomic E-state index is 13.0. The summed E-state index contributed by atoms with van der Waals surface area (Å²) in [7, 11) is 0. The van der Waals surface area contributed by atoms with Crippen LogP contribution in [0, 0.1) is 6.92 Å². The molecule has 0 bridgehead atoms. The number of anilines is 1. The Bertz CT molecular complexity index is 1420. The second kappa shape index (κ2) is 12.4. The van der Waals surface area contributed by atoms with E-state index in [4.69, 9.17) is 5.73 Å². The highest BCUT2D eigenvalue weighted by Crippen LogP contribution is 2.42. The second-order valence-corrected chi connectivity index (χ2v) is 17.3. The van der Waals surface area contributed by atoms with Gasteiger partial charge in [0.05, 0.1) is 0 Å². The number of amides is 2. The molecule has 0 saturated heterocycles. The summed E-state index contributed by atoms with van der Waals surface area (Å²) < 4.78 is 0. The van der Waals surface area contributed by atoms with Crippen molar-refractivity contribution in [2.45, 2.75) is 137 Å². The number of rotatable bonds is 5. The Morgan fingerprint density at radius 2 is 0.844 bits per heavy atom. The number of carbonyl (C=O) groups excluding carboxylic acids is 2. The molecule has 3 N–H and O–H groups in total. The van der Waals surface area contributed by atoms with Crippen LogP contribution in [0.2, 0.25) is 0 Å². The summed E-state index contributed by atoms with van der Waals surface area (Å²) >= 11 is 0. The molecule has 3 aromatic rings. The van der Waals surface area contributed by atoms with Crippen molar-refractivity contribution >= 4 is 17.5 Å². The fourth-order valence-corrected chi connectivity index (χ4v) is 5.74. The molecule has 2 amide bonds. The molecule has 0 aromatic heterocycles. The summed E-state index contributed by atoms with van der Waals surface area (Å²) in [5.74, 6) is -1.93. The first-order valence-corrected chi connectivity index (χ1v) is 16.4. The fraction of sp³-hybridized carbons (Fsp3) is 0.512. The third-order valence-corrected chi connectivity index (χ3v) is 9.11. The summed E-state index contributed by atoms with van der Waals surface area (Å²) in [6, 6.07) is 18.1. The van der Waals surface area contributed by atoms with Gasteiger partial charge in [-0.05, 0) is 73.1 Å². The zero-order valence-corrected chi connectivity index (χ0v) is 30.7. The molecule has 0 heterocycles. The monoisotopic (exact) mass is 610 g/mol. The van der Waals surface area contributed by atoms with Crippen LogP contribution in [0.3, 0.4) is 0 Å². The number of nitrogens with one attached hydrogen (secondary N) is 1. The Balaban J connectivity index is 2.36. The molecule has 0 aliphatic heterocycles. The Hall–Kier alpha value is -3.40. The number of primary amides is 1. The van der Waals surface area contributed by atoms with Gasteiger partial charge in [-0.1, -0.05) is 151 Å². The summed E-state index contributed by atoms with van der Waals surface area (Å²) in [6.45, 7) is 33.4. The van der Waals surface area contributed by atoms with Gasteiger partial charge in [0.2, 0.25) is 0 Å². The van der Waals surface area contributed by atoms with Crippen LogP contribution in [0.15, 0.2) is 48.5 Å². The fourth-order valence-electron chi connectivity index (χ4n) is 5.74. The molecule has 0 radical (unpaired) electrons. The maximum absolute atomic E-state index is 13.0. The van der Waals surface area contributed by atoms with Gasteiger partial charge in [-0.3, -0.25) is 9.59 Å². The normalized spacial score (nSPS) is 14.2. The highest BCUT2D eigenvalue weighted by Gasteiger charge is 2.28. The van der Waals surface area contributed by atoms with Crippen LogP contribution in [0.5, 0.6) is 0 Å². The highest BCUT2D eigenvalue weighted by molar-refractivity contribution is 6.39. The molecule has 45 heavy (non-hydrogen) atoms. The molecule has 244 valence electrons. The van der Waals surface area contributed by atoms with E-state index in [2.05, 4.69) is 158 Å². The van der Waals surface area contributed by atoms with Crippen molar-refractivity contribution in [1.29, 1.82) is 0 Å². The predicted molar refractivity (Wildman–Crippen MR) is 192 cm³/mol. The quantitative estimate of drug-likeness (QED) is 0.282. The van der Waals surface area contributed by atoms with Gasteiger partial charge in [0.15, 0.2) is 0 Å². The zero-order valence-electron chi connectivity index (χ0n) is 30.7. The van der Waals surface area contributed by atoms with Crippen molar-refractivity contribution in [3.8, 4) is 0 Å². The van der Waals surface area contributed by atoms with Crippen LogP contribution < -0.4 is 11.1 Å². The smallest absolute Gasteiger partial charge is 0.313 e. The standard InChI is InChI=1S/C41H58N2O2/c1-24-16-33(25(2)27-18-29(38(4,5)6)22-30(19-27)39(7,8)9)35(43-37(45)36(42)44)34(17-24)26(3)28-20-31(40(10,11)12)23-32(21-28)41(13,14)15/h16-23,25-26H,1-15H3,(H2,42,44)(H,43,45)/t25-,26-/m1/s1. The predicted octanol–water partition coefficient (Wildman–Crippen LogP) is 9.91. The Morgan fingerprint density at radius 3 is 1.09 bits per heavy atom. The van der Waals surface area contributed by atoms with Gasteiger partial charge in [-0.2, -0.15) is 0 Å². The molecule has 3 aromatic carbocycles. The average molecular weight is 611 g/mol. The van der Waals surface area contributed by atoms with Crippen LogP contribution in [0.25, 0.3) is 0 Å². The summed E-state index contributed by atoms with van der Waals surface area (Å²) in [4.78, 5) is 25.1. The van der Waals surface area contributed by atoms with Gasteiger partial charge in [0.25, 0.3) is 0 Å². The van der Waals surface area contributed by atoms with Gasteiger partial charge in [0, 0.05) is 17.5 Å². The topological polar surface area (TPSA) is 72.2 Å². The van der Waals surface area contributed by atoms with E-state index >= 15 is 0 Å². The van der Waals surface area contributed by atoms with Crippen LogP contribution >= 0.6 is 0 Å². The number of aryl methyl sites for hydroxylation is 1. The van der Waals surface area contributed by atoms with Gasteiger partial charge < -0.3 is 11.1 Å². The summed E-state index contributed by atoms with van der Waals surface area (Å²) in [5, 5.41) is 2.97. The molecule has 0 unspecified atom stereocenters. The second-order valence-electron chi connectivity index (χ2n) is 17.3. The molecular weight excluding hydrogens is 552 g/mol. The van der Waals surface area contributed by atoms with E-state index in [0.29, 0.717) is 5.69 Å². The SMILES string of the molecule is Cc1cc([C@H](C)c2cc(C(C)(C)C)cc(C(C)(C)C)c2)c(NC(=O)C(N)=O)c([C@H](C)c2cc(C(C)(C)C)cc(C(C)(C)C)c2)c1. The lowest BCUT2D eigenvalue weighted by Crippen LogP contribution is -2.30. The Morgan fingerprint density at radius 1 is 0.556 bits per heavy atom. The van der Waals surface area contributed by atoms with Crippen LogP contribution in [-0.2, 0) is 31.2 Å². The molecule has 0 aliphatic rings. The van der Waals surface area contributed by atoms with Crippen molar-refractivity contribution in [3.63, 3.8) is 0 Å². The van der Waals surface area contributed by atoms with E-state index in [9.17, 15) is 9.59 Å². The lowest BCUT2D eigenvalue weighted by Gasteiger charge is -2.30. The Labute approximate surface area is 273 Å². The van der Waals surface area contributed by atoms with Crippen molar-refractivity contribution < 1.29 is 9.59 Å². The van der Waals surface area contributed by atoms with Crippen molar-refractivity contribution in [2.24, 2.45) is 5.73 Å². The first-order valence-electron chi connectivity index (χ1n) is 16.4. The third kappa shape index (κ3) is 8.45. The molecule has 0 fully saturated rings. The number of hydrogen-bond donors (Lipinski definition) is 2. The van der Waals surface area contributed by atoms with Gasteiger partial charge in [0.1, 0.15) is 0 Å². The minimum absolute atomic E-state index is 0.0339. The lowest BCUT2D eigenvalue weighted by atomic mass is 9.76. The summed E-state index contributed by atoms with van der Waals surface area (Å²) in [5.41, 5.74) is 16.5. The molecule has 4 heteroatoms. The van der Waals surface area contributed by atoms with E-state index in [-0.39, 0.29) is 33.5 Å². The Kier molecular flexibility index (Phi) is 9.96. The van der Waals surface area contributed by atoms with Gasteiger partial charge in [-0.25, -0.2) is 0 Å². The van der Waals surface area contributed by atoms with E-state index in [1.165, 1.54) is 33.4 Å². The number of carbonyl (C=O) groups is 2. The van der Waals surface area contributed by atoms with E-state index in [0.717, 1.165) is 16.7 Å². The molecule has 0 spiro atoms. The van der Waals surface area contributed by atoms with E-state index in [1.54, 1.807) is 0 Å². The van der Waals surface area contributed by atoms with Crippen LogP contribution in [-0.4, -0.2) is 11.8 Å². The first-order chi connectivity index (χ1) is 20.3. The average Bonchev–Trinajstić information content (AvgIpc) is 2.90. The van der Waals surface area contributed by atoms with Crippen molar-refractivity contribution in [3.05, 3.63) is 98.6 Å². The maximum Gasteiger partial charge on any atom is 0.313 e. The molecule has 3 rings (SSSR count). The molecule has 0 saturated carbocycles. The molecule has 0 aliphatic carbocycles. The third-order valence-electron chi connectivity index (χ3n) is 9.11. The highest BCUT2D eigenvalue weighted by atomic mass is 16.2. The molecule has 4 nitrogen and oxygen atoms in total. The van der Waals surface area contributed by atoms with Gasteiger partial charge >= 0.3 is 11.8 Å². The number of hydrogen-bond acceptors (Lipinski definition) is 2. The largest absolute Gasteiger partial charge is 0.361 e. The number of nitrogens with two attached hydrogens (primary N) is 1. The summed E-state index contributed by atoms with van der Waals surface area (Å²) in [6.07, 6.45) is 0. The minimum atomic E-state index is -0.998. The zero-order chi connectivity index (χ0) is 34.4. The van der Waals surface area contributed by atoms with E-state index < -0.39 is 11.8 Å². The van der Waals surface area contributed by atoms with Crippen molar-refractivity contribution in [1.82, 2.24) is 0 Å².